The van der Waals surface area contributed by atoms with E-state index in [4.69, 9.17) is 0 Å². The van der Waals surface area contributed by atoms with Crippen molar-refractivity contribution in [1.82, 2.24) is 9.88 Å². The van der Waals surface area contributed by atoms with Crippen LogP contribution in [0.1, 0.15) is 49.7 Å². The predicted molar refractivity (Wildman–Crippen MR) is 134 cm³/mol. The molecule has 0 aliphatic rings. The molecule has 0 saturated carbocycles. The third-order valence-electron chi connectivity index (χ3n) is 4.04. The average molecular weight is 427 g/mol. The number of carbonyl (C=O) groups is 1. The number of carbonyl (C=O) groups excluding carboxylic acids is 1. The summed E-state index contributed by atoms with van der Waals surface area (Å²) in [5.41, 5.74) is 1.68. The molecule has 0 amide bonds. The van der Waals surface area contributed by atoms with Crippen LogP contribution in [0.4, 0.5) is 11.4 Å². The Bertz CT molecular complexity index is 894. The zero-order chi connectivity index (χ0) is 22.4. The number of fused-ring (bicyclic) bond motifs is 1. The fraction of sp³-hybridized carbons (Fsp3) is 0.375. The molecule has 2 aromatic heterocycles. The van der Waals surface area contributed by atoms with Crippen LogP contribution >= 0.6 is 11.3 Å². The van der Waals surface area contributed by atoms with Gasteiger partial charge < -0.3 is 9.80 Å². The Kier molecular flexibility index (Phi) is 12.0. The van der Waals surface area contributed by atoms with Gasteiger partial charge in [-0.05, 0) is 32.3 Å². The van der Waals surface area contributed by atoms with Gasteiger partial charge in [0.1, 0.15) is 4.83 Å². The first-order valence-corrected chi connectivity index (χ1v) is 11.1. The highest BCUT2D eigenvalue weighted by molar-refractivity contribution is 7.21. The number of nitrogens with zero attached hydrogens (tertiary/aromatic N) is 4. The highest BCUT2D eigenvalue weighted by atomic mass is 32.1. The standard InChI is InChI=1S/C22H28N4OS.C2H6/c1-5-6-7-8-9-10-11-12-15-26(4)17-24-21-19(16-27)28-22-20(21)18(25(2)3)13-14-23-22;1-2/h5-6,8-9,12-17H,7,10-11H2,1-4H3;1-2H3/b6-5-,9-8-,15-12+,24-17?;. The van der Waals surface area contributed by atoms with Crippen LogP contribution in [0, 0.1) is 0 Å². The van der Waals surface area contributed by atoms with Gasteiger partial charge in [0.05, 0.1) is 28.0 Å². The number of unbranched alkanes of at least 4 members (excludes halogenated alkanes) is 1. The summed E-state index contributed by atoms with van der Waals surface area (Å²) in [6, 6.07) is 1.94. The second kappa shape index (κ2) is 14.3. The fourth-order valence-electron chi connectivity index (χ4n) is 2.64. The molecule has 162 valence electrons. The van der Waals surface area contributed by atoms with Gasteiger partial charge >= 0.3 is 0 Å². The van der Waals surface area contributed by atoms with Crippen LogP contribution < -0.4 is 4.90 Å². The SMILES string of the molecule is C/C=C\C/C=C\CC/C=C/N(C)C=Nc1c(C=O)sc2nccc(N(C)C)c12.CC. The van der Waals surface area contributed by atoms with Crippen LogP contribution in [0.5, 0.6) is 0 Å². The second-order valence-electron chi connectivity index (χ2n) is 6.49. The average Bonchev–Trinajstić information content (AvgIpc) is 3.13. The first kappa shape index (κ1) is 25.3. The van der Waals surface area contributed by atoms with E-state index in [-0.39, 0.29) is 0 Å². The summed E-state index contributed by atoms with van der Waals surface area (Å²) in [6.45, 7) is 6.03. The van der Waals surface area contributed by atoms with Crippen LogP contribution in [0.2, 0.25) is 0 Å². The van der Waals surface area contributed by atoms with E-state index in [0.717, 1.165) is 41.5 Å². The molecular formula is C24H34N4OS. The van der Waals surface area contributed by atoms with Crippen LogP contribution in [-0.2, 0) is 0 Å². The number of aromatic nitrogens is 1. The van der Waals surface area contributed by atoms with Crippen molar-refractivity contribution < 1.29 is 4.79 Å². The Morgan fingerprint density at radius 3 is 2.50 bits per heavy atom. The highest BCUT2D eigenvalue weighted by Gasteiger charge is 2.16. The molecule has 2 rings (SSSR count). The van der Waals surface area contributed by atoms with Crippen LogP contribution in [-0.4, -0.2) is 43.7 Å². The van der Waals surface area contributed by atoms with Crippen molar-refractivity contribution in [1.29, 1.82) is 0 Å². The molecule has 5 nitrogen and oxygen atoms in total. The molecule has 0 aliphatic carbocycles. The predicted octanol–water partition coefficient (Wildman–Crippen LogP) is 6.61. The summed E-state index contributed by atoms with van der Waals surface area (Å²) >= 11 is 1.37. The molecule has 6 heteroatoms. The summed E-state index contributed by atoms with van der Waals surface area (Å²) in [5.74, 6) is 0. The van der Waals surface area contributed by atoms with E-state index < -0.39 is 0 Å². The molecule has 0 unspecified atom stereocenters. The van der Waals surface area contributed by atoms with Crippen molar-refractivity contribution in [3.8, 4) is 0 Å². The van der Waals surface area contributed by atoms with Crippen molar-refractivity contribution >= 4 is 45.6 Å². The number of aldehydes is 1. The molecule has 0 radical (unpaired) electrons. The highest BCUT2D eigenvalue weighted by Crippen LogP contribution is 2.40. The molecule has 0 aliphatic heterocycles. The largest absolute Gasteiger partial charge is 0.377 e. The van der Waals surface area contributed by atoms with Crippen LogP contribution in [0.3, 0.4) is 0 Å². The molecule has 0 saturated heterocycles. The van der Waals surface area contributed by atoms with Gasteiger partial charge in [0, 0.05) is 33.5 Å². The van der Waals surface area contributed by atoms with E-state index in [1.54, 1.807) is 12.5 Å². The monoisotopic (exact) mass is 426 g/mol. The summed E-state index contributed by atoms with van der Waals surface area (Å²) in [4.78, 5) is 25.8. The van der Waals surface area contributed by atoms with Crippen LogP contribution in [0.15, 0.2) is 53.8 Å². The third kappa shape index (κ3) is 7.59. The number of rotatable bonds is 10. The minimum atomic E-state index is 0.594. The molecule has 0 atom stereocenters. The first-order valence-electron chi connectivity index (χ1n) is 10.3. The smallest absolute Gasteiger partial charge is 0.162 e. The van der Waals surface area contributed by atoms with Gasteiger partial charge in [-0.3, -0.25) is 4.79 Å². The van der Waals surface area contributed by atoms with Crippen molar-refractivity contribution in [3.63, 3.8) is 0 Å². The summed E-state index contributed by atoms with van der Waals surface area (Å²) < 4.78 is 0. The Morgan fingerprint density at radius 2 is 1.83 bits per heavy atom. The zero-order valence-corrected chi connectivity index (χ0v) is 19.8. The lowest BCUT2D eigenvalue weighted by atomic mass is 10.2. The van der Waals surface area contributed by atoms with E-state index in [1.807, 2.05) is 64.0 Å². The maximum atomic E-state index is 11.5. The topological polar surface area (TPSA) is 48.8 Å². The quantitative estimate of drug-likeness (QED) is 0.141. The van der Waals surface area contributed by atoms with E-state index >= 15 is 0 Å². The maximum Gasteiger partial charge on any atom is 0.162 e. The molecule has 0 aromatic carbocycles. The van der Waals surface area contributed by atoms with E-state index in [1.165, 1.54) is 11.3 Å². The normalized spacial score (nSPS) is 11.7. The number of anilines is 1. The Hall–Kier alpha value is -2.73. The van der Waals surface area contributed by atoms with Gasteiger partial charge in [0.15, 0.2) is 6.29 Å². The summed E-state index contributed by atoms with van der Waals surface area (Å²) in [6.07, 6.45) is 20.0. The summed E-state index contributed by atoms with van der Waals surface area (Å²) in [7, 11) is 5.88. The number of allylic oxidation sites excluding steroid dienone is 5. The van der Waals surface area contributed by atoms with Crippen molar-refractivity contribution in [3.05, 3.63) is 53.7 Å². The van der Waals surface area contributed by atoms with Crippen molar-refractivity contribution in [2.75, 3.05) is 26.0 Å². The summed E-state index contributed by atoms with van der Waals surface area (Å²) in [5, 5.41) is 0.916. The van der Waals surface area contributed by atoms with Crippen molar-refractivity contribution in [2.24, 2.45) is 4.99 Å². The zero-order valence-electron chi connectivity index (χ0n) is 19.0. The molecular weight excluding hydrogens is 392 g/mol. The van der Waals surface area contributed by atoms with Gasteiger partial charge in [0.2, 0.25) is 0 Å². The minimum Gasteiger partial charge on any atom is -0.377 e. The van der Waals surface area contributed by atoms with E-state index in [0.29, 0.717) is 10.6 Å². The Morgan fingerprint density at radius 1 is 1.10 bits per heavy atom. The molecule has 30 heavy (non-hydrogen) atoms. The lowest BCUT2D eigenvalue weighted by Crippen LogP contribution is -2.09. The van der Waals surface area contributed by atoms with Gasteiger partial charge in [-0.25, -0.2) is 9.98 Å². The number of hydrogen-bond donors (Lipinski definition) is 0. The number of aliphatic imine (C=N–C) groups is 1. The molecule has 0 fully saturated rings. The minimum absolute atomic E-state index is 0.594. The lowest BCUT2D eigenvalue weighted by molar-refractivity contribution is 0.112. The molecule has 0 spiro atoms. The molecule has 0 bridgehead atoms. The first-order chi connectivity index (χ1) is 14.6. The fourth-order valence-corrected chi connectivity index (χ4v) is 3.56. The van der Waals surface area contributed by atoms with E-state index in [2.05, 4.69) is 40.4 Å². The third-order valence-corrected chi connectivity index (χ3v) is 5.06. The Balaban J connectivity index is 0.00000218. The lowest BCUT2D eigenvalue weighted by Gasteiger charge is -2.14. The molecule has 2 aromatic rings. The number of hydrogen-bond acceptors (Lipinski definition) is 5. The Labute approximate surface area is 185 Å². The maximum absolute atomic E-state index is 11.5. The molecule has 0 N–H and O–H groups in total. The van der Waals surface area contributed by atoms with Gasteiger partial charge in [-0.2, -0.15) is 0 Å². The number of pyridine rings is 1. The van der Waals surface area contributed by atoms with E-state index in [9.17, 15) is 4.79 Å². The second-order valence-corrected chi connectivity index (χ2v) is 7.52. The van der Waals surface area contributed by atoms with Gasteiger partial charge in [0.25, 0.3) is 0 Å². The van der Waals surface area contributed by atoms with Gasteiger partial charge in [-0.15, -0.1) is 11.3 Å². The van der Waals surface area contributed by atoms with Gasteiger partial charge in [-0.1, -0.05) is 44.2 Å². The molecule has 2 heterocycles. The number of thiophene rings is 1. The van der Waals surface area contributed by atoms with Crippen LogP contribution in [0.25, 0.3) is 10.2 Å². The van der Waals surface area contributed by atoms with Crippen molar-refractivity contribution in [2.45, 2.75) is 40.0 Å².